The third-order valence-electron chi connectivity index (χ3n) is 2.84. The molecular formula is C15H13BrClNO3S. The molecule has 0 aliphatic rings. The van der Waals surface area contributed by atoms with Crippen molar-refractivity contribution in [3.8, 4) is 0 Å². The molecule has 1 heterocycles. The number of hydrogen-bond acceptors (Lipinski definition) is 4. The highest BCUT2D eigenvalue weighted by atomic mass is 79.9. The third kappa shape index (κ3) is 4.56. The molecule has 1 amide bonds. The molecule has 0 saturated carbocycles. The second kappa shape index (κ2) is 7.76. The lowest BCUT2D eigenvalue weighted by Crippen LogP contribution is -2.35. The monoisotopic (exact) mass is 401 g/mol. The lowest BCUT2D eigenvalue weighted by atomic mass is 10.2. The van der Waals surface area contributed by atoms with E-state index in [0.29, 0.717) is 9.90 Å². The Balaban J connectivity index is 1.87. The zero-order valence-electron chi connectivity index (χ0n) is 11.6. The van der Waals surface area contributed by atoms with Crippen LogP contribution in [0.15, 0.2) is 40.2 Å². The Morgan fingerprint density at radius 2 is 2.05 bits per heavy atom. The molecule has 1 atom stereocenters. The van der Waals surface area contributed by atoms with Crippen molar-refractivity contribution in [2.24, 2.45) is 0 Å². The highest BCUT2D eigenvalue weighted by Gasteiger charge is 2.19. The van der Waals surface area contributed by atoms with Crippen LogP contribution in [0.4, 0.5) is 0 Å². The molecule has 1 N–H and O–H groups in total. The highest BCUT2D eigenvalue weighted by Crippen LogP contribution is 2.23. The maximum atomic E-state index is 12.0. The van der Waals surface area contributed by atoms with Crippen molar-refractivity contribution >= 4 is 50.7 Å². The van der Waals surface area contributed by atoms with Crippen molar-refractivity contribution in [1.82, 2.24) is 5.32 Å². The van der Waals surface area contributed by atoms with Gasteiger partial charge in [-0.25, -0.2) is 4.79 Å². The Kier molecular flexibility index (Phi) is 5.99. The molecule has 0 spiro atoms. The van der Waals surface area contributed by atoms with Gasteiger partial charge in [0.1, 0.15) is 4.88 Å². The maximum absolute atomic E-state index is 12.0. The zero-order chi connectivity index (χ0) is 16.1. The number of thiophene rings is 1. The number of esters is 1. The Morgan fingerprint density at radius 1 is 1.32 bits per heavy atom. The second-order valence-electron chi connectivity index (χ2n) is 4.46. The molecule has 7 heteroatoms. The van der Waals surface area contributed by atoms with Crippen molar-refractivity contribution in [1.29, 1.82) is 0 Å². The van der Waals surface area contributed by atoms with Gasteiger partial charge in [-0.1, -0.05) is 29.8 Å². The molecule has 0 aliphatic carbocycles. The average molecular weight is 403 g/mol. The van der Waals surface area contributed by atoms with Crippen LogP contribution in [0.5, 0.6) is 0 Å². The van der Waals surface area contributed by atoms with Gasteiger partial charge in [0, 0.05) is 11.6 Å². The van der Waals surface area contributed by atoms with Gasteiger partial charge in [0.15, 0.2) is 6.10 Å². The van der Waals surface area contributed by atoms with Gasteiger partial charge in [-0.15, -0.1) is 11.3 Å². The molecule has 1 unspecified atom stereocenters. The number of halogens is 2. The normalized spacial score (nSPS) is 11.8. The molecule has 0 bridgehead atoms. The number of hydrogen-bond donors (Lipinski definition) is 1. The summed E-state index contributed by atoms with van der Waals surface area (Å²) >= 11 is 10.5. The Bertz CT molecular complexity index is 689. The van der Waals surface area contributed by atoms with Crippen LogP contribution in [-0.4, -0.2) is 18.0 Å². The molecule has 1 aromatic carbocycles. The molecule has 1 aromatic heterocycles. The molecule has 2 rings (SSSR count). The fourth-order valence-electron chi connectivity index (χ4n) is 1.66. The lowest BCUT2D eigenvalue weighted by molar-refractivity contribution is -0.129. The predicted octanol–water partition coefficient (Wildman–Crippen LogP) is 4.03. The van der Waals surface area contributed by atoms with Crippen molar-refractivity contribution < 1.29 is 14.3 Å². The summed E-state index contributed by atoms with van der Waals surface area (Å²) in [7, 11) is 0. The topological polar surface area (TPSA) is 55.4 Å². The smallest absolute Gasteiger partial charge is 0.349 e. The van der Waals surface area contributed by atoms with Crippen LogP contribution in [0, 0.1) is 0 Å². The van der Waals surface area contributed by atoms with Crippen LogP contribution in [0.3, 0.4) is 0 Å². The minimum absolute atomic E-state index is 0.283. The third-order valence-corrected chi connectivity index (χ3v) is 4.81. The predicted molar refractivity (Wildman–Crippen MR) is 90.2 cm³/mol. The van der Waals surface area contributed by atoms with Gasteiger partial charge >= 0.3 is 5.97 Å². The summed E-state index contributed by atoms with van der Waals surface area (Å²) in [5.41, 5.74) is 0.804. The first-order chi connectivity index (χ1) is 10.5. The molecule has 22 heavy (non-hydrogen) atoms. The number of amides is 1. The summed E-state index contributed by atoms with van der Waals surface area (Å²) in [5.74, 6) is -0.889. The van der Waals surface area contributed by atoms with Gasteiger partial charge in [0.05, 0.1) is 3.79 Å². The number of carbonyl (C=O) groups is 2. The summed E-state index contributed by atoms with van der Waals surface area (Å²) < 4.78 is 5.96. The highest BCUT2D eigenvalue weighted by molar-refractivity contribution is 9.11. The quantitative estimate of drug-likeness (QED) is 0.768. The lowest BCUT2D eigenvalue weighted by Gasteiger charge is -2.13. The van der Waals surface area contributed by atoms with E-state index in [1.807, 2.05) is 18.2 Å². The number of rotatable bonds is 5. The van der Waals surface area contributed by atoms with Crippen molar-refractivity contribution in [3.05, 3.63) is 55.6 Å². The van der Waals surface area contributed by atoms with E-state index < -0.39 is 12.1 Å². The minimum atomic E-state index is -0.879. The van der Waals surface area contributed by atoms with E-state index >= 15 is 0 Å². The van der Waals surface area contributed by atoms with E-state index in [2.05, 4.69) is 21.2 Å². The Hall–Kier alpha value is -1.37. The van der Waals surface area contributed by atoms with E-state index in [9.17, 15) is 9.59 Å². The van der Waals surface area contributed by atoms with E-state index in [0.717, 1.165) is 9.35 Å². The summed E-state index contributed by atoms with van der Waals surface area (Å²) in [4.78, 5) is 24.3. The van der Waals surface area contributed by atoms with Gasteiger partial charge in [-0.05, 0) is 46.6 Å². The van der Waals surface area contributed by atoms with E-state index in [4.69, 9.17) is 16.3 Å². The Labute approximate surface area is 145 Å². The molecule has 0 radical (unpaired) electrons. The standard InChI is InChI=1S/C15H13BrClNO3S/c1-9(21-15(20)12-6-7-13(16)22-12)14(19)18-8-10-4-2-3-5-11(10)17/h2-7,9H,8H2,1H3,(H,18,19). The van der Waals surface area contributed by atoms with Gasteiger partial charge < -0.3 is 10.1 Å². The van der Waals surface area contributed by atoms with E-state index in [1.54, 1.807) is 18.2 Å². The van der Waals surface area contributed by atoms with E-state index in [1.165, 1.54) is 18.3 Å². The minimum Gasteiger partial charge on any atom is -0.448 e. The zero-order valence-corrected chi connectivity index (χ0v) is 14.8. The first-order valence-electron chi connectivity index (χ1n) is 6.45. The second-order valence-corrected chi connectivity index (χ2v) is 7.33. The molecule has 0 saturated heterocycles. The number of ether oxygens (including phenoxy) is 1. The number of benzene rings is 1. The van der Waals surface area contributed by atoms with Crippen LogP contribution in [0.2, 0.25) is 5.02 Å². The fraction of sp³-hybridized carbons (Fsp3) is 0.200. The fourth-order valence-corrected chi connectivity index (χ4v) is 3.14. The van der Waals surface area contributed by atoms with E-state index in [-0.39, 0.29) is 12.5 Å². The van der Waals surface area contributed by atoms with Crippen LogP contribution in [0.25, 0.3) is 0 Å². The van der Waals surface area contributed by atoms with Gasteiger partial charge in [-0.2, -0.15) is 0 Å². The van der Waals surface area contributed by atoms with Crippen LogP contribution in [0.1, 0.15) is 22.2 Å². The van der Waals surface area contributed by atoms with Crippen molar-refractivity contribution in [3.63, 3.8) is 0 Å². The van der Waals surface area contributed by atoms with Gasteiger partial charge in [0.25, 0.3) is 5.91 Å². The van der Waals surface area contributed by atoms with Crippen molar-refractivity contribution in [2.75, 3.05) is 0 Å². The number of nitrogens with one attached hydrogen (secondary N) is 1. The summed E-state index contributed by atoms with van der Waals surface area (Å²) in [6, 6.07) is 10.6. The molecule has 2 aromatic rings. The van der Waals surface area contributed by atoms with Gasteiger partial charge in [-0.3, -0.25) is 4.79 Å². The van der Waals surface area contributed by atoms with Crippen LogP contribution >= 0.6 is 38.9 Å². The molecule has 0 aliphatic heterocycles. The number of carbonyl (C=O) groups excluding carboxylic acids is 2. The Morgan fingerprint density at radius 3 is 2.68 bits per heavy atom. The molecule has 116 valence electrons. The summed E-state index contributed by atoms with van der Waals surface area (Å²) in [6.45, 7) is 1.81. The van der Waals surface area contributed by atoms with Gasteiger partial charge in [0.2, 0.25) is 0 Å². The first-order valence-corrected chi connectivity index (χ1v) is 8.43. The van der Waals surface area contributed by atoms with Crippen LogP contribution < -0.4 is 5.32 Å². The van der Waals surface area contributed by atoms with Crippen molar-refractivity contribution in [2.45, 2.75) is 19.6 Å². The van der Waals surface area contributed by atoms with Crippen LogP contribution in [-0.2, 0) is 16.1 Å². The average Bonchev–Trinajstić information content (AvgIpc) is 2.92. The molecule has 4 nitrogen and oxygen atoms in total. The molecular weight excluding hydrogens is 390 g/mol. The maximum Gasteiger partial charge on any atom is 0.349 e. The first kappa shape index (κ1) is 17.0. The summed E-state index contributed by atoms with van der Waals surface area (Å²) in [5, 5.41) is 3.27. The largest absolute Gasteiger partial charge is 0.448 e. The summed E-state index contributed by atoms with van der Waals surface area (Å²) in [6.07, 6.45) is -0.879. The SMILES string of the molecule is CC(OC(=O)c1ccc(Br)s1)C(=O)NCc1ccccc1Cl. The molecule has 0 fully saturated rings.